The maximum atomic E-state index is 14.8. The highest BCUT2D eigenvalue weighted by Crippen LogP contribution is 2.35. The van der Waals surface area contributed by atoms with Gasteiger partial charge in [0.25, 0.3) is 5.95 Å². The minimum Gasteiger partial charge on any atom is -0.471 e. The number of nitrogens with zero attached hydrogens (tertiary/aromatic N) is 2. The fraction of sp³-hybridized carbons (Fsp3) is 0.476. The van der Waals surface area contributed by atoms with Gasteiger partial charge in [0.1, 0.15) is 5.76 Å². The van der Waals surface area contributed by atoms with Gasteiger partial charge in [-0.1, -0.05) is 5.16 Å². The van der Waals surface area contributed by atoms with Crippen molar-refractivity contribution in [1.29, 1.82) is 0 Å². The Hall–Kier alpha value is -3.15. The van der Waals surface area contributed by atoms with E-state index in [2.05, 4.69) is 10.1 Å². The minimum absolute atomic E-state index is 0.159. The average molecular weight is 482 g/mol. The van der Waals surface area contributed by atoms with E-state index in [1.165, 1.54) is 26.8 Å². The van der Waals surface area contributed by atoms with Crippen molar-refractivity contribution in [1.82, 2.24) is 10.1 Å². The zero-order chi connectivity index (χ0) is 24.3. The molecule has 1 fully saturated rings. The molecule has 3 rings (SSSR count). The first kappa shape index (κ1) is 24.5. The Morgan fingerprint density at radius 2 is 1.67 bits per heavy atom. The number of carbonyl (C=O) groups excluding carboxylic acids is 3. The number of pyridine rings is 1. The SMILES string of the molecule is CC(=O)O[C@@H]1[C@@H](OC(C)=O)[C@H](OC(C)=O)CS[C@H]1Oc1ccc(-c2c(C)noc2C)nc1F. The van der Waals surface area contributed by atoms with Crippen LogP contribution in [0.3, 0.4) is 0 Å². The van der Waals surface area contributed by atoms with Crippen LogP contribution in [-0.4, -0.2) is 57.5 Å². The summed E-state index contributed by atoms with van der Waals surface area (Å²) in [5.41, 5.74) is 0.485. The topological polar surface area (TPSA) is 127 Å². The van der Waals surface area contributed by atoms with Crippen molar-refractivity contribution in [3.63, 3.8) is 0 Å². The monoisotopic (exact) mass is 482 g/mol. The molecule has 12 heteroatoms. The second-order valence-electron chi connectivity index (χ2n) is 7.30. The first-order valence-corrected chi connectivity index (χ1v) is 11.0. The third-order valence-electron chi connectivity index (χ3n) is 4.65. The number of ether oxygens (including phenoxy) is 4. The first-order valence-electron chi connectivity index (χ1n) is 9.96. The summed E-state index contributed by atoms with van der Waals surface area (Å²) >= 11 is 1.12. The number of thioether (sulfide) groups is 1. The number of hydrogen-bond acceptors (Lipinski definition) is 11. The van der Waals surface area contributed by atoms with E-state index in [0.29, 0.717) is 22.7 Å². The number of esters is 3. The molecule has 1 saturated heterocycles. The van der Waals surface area contributed by atoms with Crippen LogP contribution < -0.4 is 4.74 Å². The lowest BCUT2D eigenvalue weighted by molar-refractivity contribution is -0.186. The van der Waals surface area contributed by atoms with E-state index in [1.807, 2.05) is 0 Å². The number of aromatic nitrogens is 2. The average Bonchev–Trinajstić information content (AvgIpc) is 3.04. The van der Waals surface area contributed by atoms with Crippen LogP contribution in [0.2, 0.25) is 0 Å². The second kappa shape index (κ2) is 10.2. The Balaban J connectivity index is 1.88. The molecule has 2 aromatic heterocycles. The Labute approximate surface area is 193 Å². The first-order chi connectivity index (χ1) is 15.6. The predicted octanol–water partition coefficient (Wildman–Crippen LogP) is 2.74. The molecule has 33 heavy (non-hydrogen) atoms. The fourth-order valence-corrected chi connectivity index (χ4v) is 4.64. The molecular formula is C21H23FN2O8S. The van der Waals surface area contributed by atoms with Crippen molar-refractivity contribution in [3.05, 3.63) is 29.5 Å². The Morgan fingerprint density at radius 1 is 1.03 bits per heavy atom. The molecule has 0 N–H and O–H groups in total. The summed E-state index contributed by atoms with van der Waals surface area (Å²) in [5, 5.41) is 3.84. The number of hydrogen-bond donors (Lipinski definition) is 0. The summed E-state index contributed by atoms with van der Waals surface area (Å²) in [5.74, 6) is -2.39. The van der Waals surface area contributed by atoms with E-state index in [1.54, 1.807) is 19.9 Å². The van der Waals surface area contributed by atoms with E-state index in [-0.39, 0.29) is 11.5 Å². The Kier molecular flexibility index (Phi) is 7.57. The standard InChI is InChI=1S/C21H23FN2O8S/c1-9-17(10(2)32-24-9)14-6-7-15(20(22)23-14)31-21-19(30-13(5)27)18(29-12(4)26)16(8-33-21)28-11(3)25/h6-7,16,18-19,21H,8H2,1-5H3/t16-,18+,19-,21-/m1/s1. The molecule has 0 unspecified atom stereocenters. The summed E-state index contributed by atoms with van der Waals surface area (Å²) in [7, 11) is 0. The quantitative estimate of drug-likeness (QED) is 0.342. The molecule has 178 valence electrons. The highest BCUT2D eigenvalue weighted by atomic mass is 32.2. The molecule has 0 spiro atoms. The maximum Gasteiger partial charge on any atom is 0.303 e. The van der Waals surface area contributed by atoms with Gasteiger partial charge in [0, 0.05) is 26.5 Å². The fourth-order valence-electron chi connectivity index (χ4n) is 3.43. The van der Waals surface area contributed by atoms with E-state index >= 15 is 0 Å². The van der Waals surface area contributed by atoms with Crippen LogP contribution in [0.15, 0.2) is 16.7 Å². The van der Waals surface area contributed by atoms with Gasteiger partial charge in [0.2, 0.25) is 0 Å². The molecule has 0 amide bonds. The molecule has 2 aromatic rings. The van der Waals surface area contributed by atoms with E-state index < -0.39 is 47.6 Å². The van der Waals surface area contributed by atoms with Crippen molar-refractivity contribution in [2.75, 3.05) is 5.75 Å². The summed E-state index contributed by atoms with van der Waals surface area (Å²) < 4.78 is 41.6. The molecule has 0 bridgehead atoms. The molecule has 4 atom stereocenters. The van der Waals surface area contributed by atoms with Crippen LogP contribution >= 0.6 is 11.8 Å². The van der Waals surface area contributed by atoms with Gasteiger partial charge >= 0.3 is 17.9 Å². The van der Waals surface area contributed by atoms with Gasteiger partial charge in [-0.05, 0) is 26.0 Å². The number of halogens is 1. The third-order valence-corrected chi connectivity index (χ3v) is 5.87. The molecule has 0 radical (unpaired) electrons. The highest BCUT2D eigenvalue weighted by Gasteiger charge is 2.48. The van der Waals surface area contributed by atoms with Crippen molar-refractivity contribution in [3.8, 4) is 17.0 Å². The molecule has 1 aliphatic heterocycles. The van der Waals surface area contributed by atoms with Crippen LogP contribution in [0, 0.1) is 19.8 Å². The lowest BCUT2D eigenvalue weighted by atomic mass is 10.1. The minimum atomic E-state index is -1.17. The van der Waals surface area contributed by atoms with Crippen molar-refractivity contribution < 1.29 is 42.2 Å². The molecule has 0 aromatic carbocycles. The van der Waals surface area contributed by atoms with Gasteiger partial charge in [-0.15, -0.1) is 11.8 Å². The molecule has 10 nitrogen and oxygen atoms in total. The van der Waals surface area contributed by atoms with Gasteiger partial charge in [-0.2, -0.15) is 4.39 Å². The van der Waals surface area contributed by atoms with Crippen LogP contribution in [-0.2, 0) is 28.6 Å². The van der Waals surface area contributed by atoms with E-state index in [0.717, 1.165) is 11.8 Å². The van der Waals surface area contributed by atoms with Crippen molar-refractivity contribution >= 4 is 29.7 Å². The normalized spacial score (nSPS) is 22.4. The molecular weight excluding hydrogens is 459 g/mol. The number of aryl methyl sites for hydroxylation is 2. The van der Waals surface area contributed by atoms with Gasteiger partial charge in [0.05, 0.1) is 17.0 Å². The predicted molar refractivity (Wildman–Crippen MR) is 113 cm³/mol. The zero-order valence-electron chi connectivity index (χ0n) is 18.6. The van der Waals surface area contributed by atoms with Gasteiger partial charge < -0.3 is 23.5 Å². The van der Waals surface area contributed by atoms with Gasteiger partial charge in [-0.3, -0.25) is 14.4 Å². The lowest BCUT2D eigenvalue weighted by Crippen LogP contribution is -2.55. The van der Waals surface area contributed by atoms with Gasteiger partial charge in [-0.25, -0.2) is 4.98 Å². The van der Waals surface area contributed by atoms with Gasteiger partial charge in [0.15, 0.2) is 29.5 Å². The van der Waals surface area contributed by atoms with Crippen LogP contribution in [0.4, 0.5) is 4.39 Å². The molecule has 0 saturated carbocycles. The lowest BCUT2D eigenvalue weighted by Gasteiger charge is -2.39. The highest BCUT2D eigenvalue weighted by molar-refractivity contribution is 7.99. The molecule has 3 heterocycles. The van der Waals surface area contributed by atoms with Crippen LogP contribution in [0.1, 0.15) is 32.2 Å². The maximum absolute atomic E-state index is 14.8. The van der Waals surface area contributed by atoms with Crippen molar-refractivity contribution in [2.45, 2.75) is 58.4 Å². The number of carbonyl (C=O) groups is 3. The second-order valence-corrected chi connectivity index (χ2v) is 8.43. The summed E-state index contributed by atoms with van der Waals surface area (Å²) in [6, 6.07) is 2.93. The Morgan fingerprint density at radius 3 is 2.21 bits per heavy atom. The molecule has 0 aliphatic carbocycles. The summed E-state index contributed by atoms with van der Waals surface area (Å²) in [6.07, 6.45) is -3.19. The Bertz CT molecular complexity index is 1040. The van der Waals surface area contributed by atoms with Crippen LogP contribution in [0.5, 0.6) is 5.75 Å². The number of rotatable bonds is 6. The van der Waals surface area contributed by atoms with Crippen LogP contribution in [0.25, 0.3) is 11.3 Å². The summed E-state index contributed by atoms with van der Waals surface area (Å²) in [6.45, 7) is 6.95. The smallest absolute Gasteiger partial charge is 0.303 e. The summed E-state index contributed by atoms with van der Waals surface area (Å²) in [4.78, 5) is 38.8. The van der Waals surface area contributed by atoms with E-state index in [4.69, 9.17) is 23.5 Å². The van der Waals surface area contributed by atoms with Crippen molar-refractivity contribution in [2.24, 2.45) is 0 Å². The largest absolute Gasteiger partial charge is 0.471 e. The van der Waals surface area contributed by atoms with E-state index in [9.17, 15) is 18.8 Å². The molecule has 1 aliphatic rings. The zero-order valence-corrected chi connectivity index (χ0v) is 19.4. The third kappa shape index (κ3) is 5.81.